The van der Waals surface area contributed by atoms with E-state index >= 15 is 0 Å². The molecule has 29 heavy (non-hydrogen) atoms. The molecule has 0 spiro atoms. The summed E-state index contributed by atoms with van der Waals surface area (Å²) in [5, 5.41) is 8.14. The number of hydrogen-bond donors (Lipinski definition) is 3. The van der Waals surface area contributed by atoms with Crippen LogP contribution in [0.2, 0.25) is 5.02 Å². The third-order valence-electron chi connectivity index (χ3n) is 4.98. The number of halogens is 1. The number of nitrogens with zero attached hydrogens (tertiary/aromatic N) is 2. The van der Waals surface area contributed by atoms with Gasteiger partial charge < -0.3 is 15.3 Å². The van der Waals surface area contributed by atoms with Gasteiger partial charge in [0, 0.05) is 22.0 Å². The largest absolute Gasteiger partial charge is 0.326 e. The van der Waals surface area contributed by atoms with Crippen molar-refractivity contribution in [1.29, 1.82) is 0 Å². The Morgan fingerprint density at radius 2 is 1.86 bits per heavy atom. The van der Waals surface area contributed by atoms with E-state index in [0.29, 0.717) is 21.7 Å². The number of rotatable bonds is 4. The second-order valence-corrected chi connectivity index (χ2v) is 7.47. The Morgan fingerprint density at radius 1 is 1.10 bits per heavy atom. The van der Waals surface area contributed by atoms with Crippen molar-refractivity contribution in [2.24, 2.45) is 0 Å². The third-order valence-corrected chi connectivity index (χ3v) is 5.39. The molecule has 0 saturated carbocycles. The standard InChI is InChI=1S/C21H20ClN5O2/c1-11-4-6-15(9-17(11)22)27-13(3)16(12(2)26-27)10-20(28)23-14-5-7-18-19(8-14)25-21(29)24-18/h4-9H,10H2,1-3H3,(H,23,28)(H2,24,25,29). The fraction of sp³-hybridized carbons (Fsp3) is 0.190. The van der Waals surface area contributed by atoms with Crippen LogP contribution in [-0.4, -0.2) is 25.7 Å². The molecule has 0 saturated heterocycles. The first-order chi connectivity index (χ1) is 13.8. The second-order valence-electron chi connectivity index (χ2n) is 7.06. The molecule has 3 N–H and O–H groups in total. The molecule has 4 rings (SSSR count). The number of anilines is 1. The van der Waals surface area contributed by atoms with Crippen molar-refractivity contribution < 1.29 is 4.79 Å². The van der Waals surface area contributed by atoms with Crippen molar-refractivity contribution in [1.82, 2.24) is 19.7 Å². The molecule has 2 aromatic carbocycles. The number of hydrogen-bond acceptors (Lipinski definition) is 3. The summed E-state index contributed by atoms with van der Waals surface area (Å²) in [7, 11) is 0. The number of imidazole rings is 1. The molecule has 2 heterocycles. The van der Waals surface area contributed by atoms with Gasteiger partial charge in [-0.25, -0.2) is 9.48 Å². The first-order valence-corrected chi connectivity index (χ1v) is 9.53. The van der Waals surface area contributed by atoms with E-state index in [1.54, 1.807) is 22.9 Å². The lowest BCUT2D eigenvalue weighted by molar-refractivity contribution is -0.115. The lowest BCUT2D eigenvalue weighted by atomic mass is 10.1. The molecule has 0 unspecified atom stereocenters. The molecule has 8 heteroatoms. The number of aromatic amines is 2. The SMILES string of the molecule is Cc1ccc(-n2nc(C)c(CC(=O)Nc3ccc4[nH]c(=O)[nH]c4c3)c2C)cc1Cl. The molecule has 1 amide bonds. The molecule has 4 aromatic rings. The van der Waals surface area contributed by atoms with E-state index in [4.69, 9.17) is 11.6 Å². The Morgan fingerprint density at radius 3 is 2.62 bits per heavy atom. The minimum Gasteiger partial charge on any atom is -0.326 e. The predicted molar refractivity (Wildman–Crippen MR) is 114 cm³/mol. The average Bonchev–Trinajstić information content (AvgIpc) is 3.17. The number of nitrogens with one attached hydrogen (secondary N) is 3. The maximum absolute atomic E-state index is 12.6. The number of amides is 1. The Balaban J connectivity index is 1.56. The summed E-state index contributed by atoms with van der Waals surface area (Å²) in [4.78, 5) is 29.4. The van der Waals surface area contributed by atoms with Crippen LogP contribution in [0.1, 0.15) is 22.5 Å². The van der Waals surface area contributed by atoms with Crippen LogP contribution in [0.4, 0.5) is 5.69 Å². The van der Waals surface area contributed by atoms with E-state index in [9.17, 15) is 9.59 Å². The van der Waals surface area contributed by atoms with Gasteiger partial charge in [0.25, 0.3) is 0 Å². The monoisotopic (exact) mass is 409 g/mol. The fourth-order valence-electron chi connectivity index (χ4n) is 3.37. The van der Waals surface area contributed by atoms with Crippen LogP contribution in [0, 0.1) is 20.8 Å². The van der Waals surface area contributed by atoms with E-state index in [1.165, 1.54) is 0 Å². The van der Waals surface area contributed by atoms with Crippen molar-refractivity contribution in [3.63, 3.8) is 0 Å². The van der Waals surface area contributed by atoms with Crippen LogP contribution >= 0.6 is 11.6 Å². The van der Waals surface area contributed by atoms with Gasteiger partial charge in [-0.3, -0.25) is 4.79 Å². The highest BCUT2D eigenvalue weighted by atomic mass is 35.5. The number of benzene rings is 2. The summed E-state index contributed by atoms with van der Waals surface area (Å²) in [6, 6.07) is 11.0. The number of carbonyl (C=O) groups is 1. The Hall–Kier alpha value is -3.32. The van der Waals surface area contributed by atoms with Crippen LogP contribution in [-0.2, 0) is 11.2 Å². The van der Waals surface area contributed by atoms with Gasteiger partial charge in [-0.05, 0) is 56.7 Å². The molecule has 0 radical (unpaired) electrons. The normalized spacial score (nSPS) is 11.2. The van der Waals surface area contributed by atoms with E-state index in [0.717, 1.165) is 28.2 Å². The van der Waals surface area contributed by atoms with E-state index in [2.05, 4.69) is 20.4 Å². The van der Waals surface area contributed by atoms with Gasteiger partial charge in [0.2, 0.25) is 5.91 Å². The highest BCUT2D eigenvalue weighted by molar-refractivity contribution is 6.31. The summed E-state index contributed by atoms with van der Waals surface area (Å²) in [5.74, 6) is -0.157. The molecule has 0 atom stereocenters. The second kappa shape index (κ2) is 7.25. The van der Waals surface area contributed by atoms with Crippen molar-refractivity contribution in [2.75, 3.05) is 5.32 Å². The third kappa shape index (κ3) is 3.69. The highest BCUT2D eigenvalue weighted by Gasteiger charge is 2.17. The van der Waals surface area contributed by atoms with Crippen molar-refractivity contribution in [3.8, 4) is 5.69 Å². The lowest BCUT2D eigenvalue weighted by Gasteiger charge is -2.08. The minimum absolute atomic E-state index is 0.157. The summed E-state index contributed by atoms with van der Waals surface area (Å²) >= 11 is 6.25. The summed E-state index contributed by atoms with van der Waals surface area (Å²) in [5.41, 5.74) is 6.08. The lowest BCUT2D eigenvalue weighted by Crippen LogP contribution is -2.15. The van der Waals surface area contributed by atoms with Gasteiger partial charge >= 0.3 is 5.69 Å². The first-order valence-electron chi connectivity index (χ1n) is 9.15. The maximum Gasteiger partial charge on any atom is 0.323 e. The van der Waals surface area contributed by atoms with E-state index in [1.807, 2.05) is 39.0 Å². The van der Waals surface area contributed by atoms with Crippen molar-refractivity contribution in [2.45, 2.75) is 27.2 Å². The molecule has 0 aliphatic rings. The maximum atomic E-state index is 12.6. The van der Waals surface area contributed by atoms with E-state index in [-0.39, 0.29) is 18.0 Å². The zero-order chi connectivity index (χ0) is 20.7. The minimum atomic E-state index is -0.279. The van der Waals surface area contributed by atoms with Gasteiger partial charge in [0.15, 0.2) is 0 Å². The smallest absolute Gasteiger partial charge is 0.323 e. The number of aromatic nitrogens is 4. The molecule has 0 fully saturated rings. The van der Waals surface area contributed by atoms with Gasteiger partial charge in [-0.1, -0.05) is 17.7 Å². The fourth-order valence-corrected chi connectivity index (χ4v) is 3.55. The van der Waals surface area contributed by atoms with Gasteiger partial charge in [-0.2, -0.15) is 5.10 Å². The molecule has 0 aliphatic heterocycles. The summed E-state index contributed by atoms with van der Waals surface area (Å²) in [6.07, 6.45) is 0.193. The van der Waals surface area contributed by atoms with Gasteiger partial charge in [-0.15, -0.1) is 0 Å². The molecule has 2 aromatic heterocycles. The Labute approximate surface area is 171 Å². The van der Waals surface area contributed by atoms with E-state index < -0.39 is 0 Å². The van der Waals surface area contributed by atoms with Gasteiger partial charge in [0.05, 0.1) is 28.8 Å². The molecular weight excluding hydrogens is 390 g/mol. The average molecular weight is 410 g/mol. The highest BCUT2D eigenvalue weighted by Crippen LogP contribution is 2.23. The first kappa shape index (κ1) is 19.0. The van der Waals surface area contributed by atoms with Crippen LogP contribution < -0.4 is 11.0 Å². The number of fused-ring (bicyclic) bond motifs is 1. The molecule has 148 valence electrons. The Bertz CT molecular complexity index is 1300. The summed E-state index contributed by atoms with van der Waals surface area (Å²) in [6.45, 7) is 5.77. The predicted octanol–water partition coefficient (Wildman–Crippen LogP) is 3.80. The van der Waals surface area contributed by atoms with Crippen LogP contribution in [0.15, 0.2) is 41.2 Å². The Kier molecular flexibility index (Phi) is 4.76. The molecule has 0 bridgehead atoms. The van der Waals surface area contributed by atoms with Gasteiger partial charge in [0.1, 0.15) is 0 Å². The zero-order valence-corrected chi connectivity index (χ0v) is 17.0. The number of carbonyl (C=O) groups excluding carboxylic acids is 1. The van der Waals surface area contributed by atoms with Crippen LogP contribution in [0.25, 0.3) is 16.7 Å². The van der Waals surface area contributed by atoms with Crippen molar-refractivity contribution in [3.05, 3.63) is 74.4 Å². The number of H-pyrrole nitrogens is 2. The molecular formula is C21H20ClN5O2. The number of aryl methyl sites for hydroxylation is 2. The van der Waals surface area contributed by atoms with Crippen molar-refractivity contribution >= 4 is 34.2 Å². The quantitative estimate of drug-likeness (QED) is 0.478. The molecule has 0 aliphatic carbocycles. The topological polar surface area (TPSA) is 95.6 Å². The zero-order valence-electron chi connectivity index (χ0n) is 16.3. The summed E-state index contributed by atoms with van der Waals surface area (Å²) < 4.78 is 1.81. The van der Waals surface area contributed by atoms with Crippen LogP contribution in [0.5, 0.6) is 0 Å². The van der Waals surface area contributed by atoms with Crippen LogP contribution in [0.3, 0.4) is 0 Å². The molecule has 7 nitrogen and oxygen atoms in total.